The van der Waals surface area contributed by atoms with Gasteiger partial charge < -0.3 is 18.0 Å². The SMILES string of the molecule is c1ccc(-c2cc(-c3cc(-c4ccccc4)cc(-n4c5ccccc5c5cc6c(cc54)oc4ccccc46)c3)cc(-n3c4ccccc4c4cc5c(cc43)oc3ccccc35)c2)cc1. The van der Waals surface area contributed by atoms with Gasteiger partial charge in [-0.05, 0) is 106 Å². The minimum atomic E-state index is 0.878. The summed E-state index contributed by atoms with van der Waals surface area (Å²) in [6.45, 7) is 0. The Kier molecular flexibility index (Phi) is 7.36. The second kappa shape index (κ2) is 13.4. The molecule has 0 aliphatic heterocycles. The lowest BCUT2D eigenvalue weighted by Gasteiger charge is -2.17. The minimum Gasteiger partial charge on any atom is -0.456 e. The third-order valence-electron chi connectivity index (χ3n) is 13.2. The van der Waals surface area contributed by atoms with Gasteiger partial charge in [-0.15, -0.1) is 0 Å². The molecule has 0 N–H and O–H groups in total. The van der Waals surface area contributed by atoms with Gasteiger partial charge in [0.1, 0.15) is 22.3 Å². The van der Waals surface area contributed by atoms with E-state index in [0.29, 0.717) is 0 Å². The van der Waals surface area contributed by atoms with E-state index in [1.807, 2.05) is 12.1 Å². The molecular weight excluding hydrogens is 781 g/mol. The van der Waals surface area contributed by atoms with Crippen molar-refractivity contribution in [3.05, 3.63) is 218 Å². The van der Waals surface area contributed by atoms with Crippen molar-refractivity contribution < 1.29 is 8.83 Å². The van der Waals surface area contributed by atoms with Gasteiger partial charge in [-0.1, -0.05) is 133 Å². The topological polar surface area (TPSA) is 36.1 Å². The molecule has 298 valence electrons. The van der Waals surface area contributed by atoms with Gasteiger partial charge in [0.25, 0.3) is 0 Å². The highest BCUT2D eigenvalue weighted by molar-refractivity contribution is 6.19. The highest BCUT2D eigenvalue weighted by atomic mass is 16.3. The van der Waals surface area contributed by atoms with Crippen LogP contribution in [-0.2, 0) is 0 Å². The van der Waals surface area contributed by atoms with Crippen molar-refractivity contribution in [2.24, 2.45) is 0 Å². The number of fused-ring (bicyclic) bond motifs is 12. The van der Waals surface area contributed by atoms with Crippen LogP contribution in [0, 0.1) is 0 Å². The summed E-state index contributed by atoms with van der Waals surface area (Å²) in [7, 11) is 0. The summed E-state index contributed by atoms with van der Waals surface area (Å²) in [5, 5.41) is 9.30. The van der Waals surface area contributed by atoms with Crippen molar-refractivity contribution in [3.8, 4) is 44.8 Å². The first kappa shape index (κ1) is 35.0. The van der Waals surface area contributed by atoms with Crippen molar-refractivity contribution in [3.63, 3.8) is 0 Å². The number of aromatic nitrogens is 2. The molecule has 64 heavy (non-hydrogen) atoms. The van der Waals surface area contributed by atoms with Crippen LogP contribution in [0.3, 0.4) is 0 Å². The summed E-state index contributed by atoms with van der Waals surface area (Å²) in [6, 6.07) is 78.8. The Morgan fingerprint density at radius 1 is 0.219 bits per heavy atom. The van der Waals surface area contributed by atoms with Gasteiger partial charge in [0, 0.05) is 66.6 Å². The molecule has 0 saturated carbocycles. The second-order valence-corrected chi connectivity index (χ2v) is 16.9. The molecule has 14 aromatic rings. The maximum Gasteiger partial charge on any atom is 0.137 e. The molecule has 4 nitrogen and oxygen atoms in total. The van der Waals surface area contributed by atoms with Crippen LogP contribution in [0.5, 0.6) is 0 Å². The first-order valence-electron chi connectivity index (χ1n) is 21.8. The minimum absolute atomic E-state index is 0.878. The summed E-state index contributed by atoms with van der Waals surface area (Å²) in [6.07, 6.45) is 0. The van der Waals surface area contributed by atoms with E-state index < -0.39 is 0 Å². The summed E-state index contributed by atoms with van der Waals surface area (Å²) < 4.78 is 17.9. The third kappa shape index (κ3) is 5.23. The standard InChI is InChI=1S/C60H36N2O2/c1-3-15-37(16-4-1)39-27-41(31-43(29-39)61-53-23-11-7-19-45(53)49-33-51-47-21-9-13-25-57(47)63-59(51)35-55(49)61)42-28-40(38-17-5-2-6-18-38)30-44(32-42)62-54-24-12-8-20-46(54)50-34-52-48-22-10-14-26-58(48)64-60(52)36-56(50)62/h1-36H. The number of furan rings is 2. The fourth-order valence-electron chi connectivity index (χ4n) is 10.3. The molecule has 0 unspecified atom stereocenters. The highest BCUT2D eigenvalue weighted by Crippen LogP contribution is 2.43. The molecule has 0 aliphatic rings. The van der Waals surface area contributed by atoms with E-state index in [9.17, 15) is 0 Å². The molecular formula is C60H36N2O2. The largest absolute Gasteiger partial charge is 0.456 e. The molecule has 0 fully saturated rings. The molecule has 0 aliphatic carbocycles. The Labute approximate surface area is 367 Å². The van der Waals surface area contributed by atoms with Crippen LogP contribution < -0.4 is 0 Å². The number of para-hydroxylation sites is 4. The zero-order valence-corrected chi connectivity index (χ0v) is 34.5. The van der Waals surface area contributed by atoms with Gasteiger partial charge in [0.15, 0.2) is 0 Å². The molecule has 0 atom stereocenters. The molecule has 10 aromatic carbocycles. The fraction of sp³-hybridized carbons (Fsp3) is 0. The summed E-state index contributed by atoms with van der Waals surface area (Å²) in [4.78, 5) is 0. The average molecular weight is 817 g/mol. The van der Waals surface area contributed by atoms with E-state index in [1.165, 1.54) is 21.5 Å². The predicted octanol–water partition coefficient (Wildman–Crippen LogP) is 16.7. The van der Waals surface area contributed by atoms with Crippen LogP contribution in [0.2, 0.25) is 0 Å². The van der Waals surface area contributed by atoms with Crippen molar-refractivity contribution >= 4 is 87.5 Å². The smallest absolute Gasteiger partial charge is 0.137 e. The van der Waals surface area contributed by atoms with E-state index >= 15 is 0 Å². The van der Waals surface area contributed by atoms with Gasteiger partial charge >= 0.3 is 0 Å². The van der Waals surface area contributed by atoms with Crippen molar-refractivity contribution in [1.29, 1.82) is 0 Å². The van der Waals surface area contributed by atoms with Crippen molar-refractivity contribution in [1.82, 2.24) is 9.13 Å². The molecule has 4 heteroatoms. The Bertz CT molecular complexity index is 3910. The van der Waals surface area contributed by atoms with Gasteiger partial charge in [-0.25, -0.2) is 0 Å². The van der Waals surface area contributed by atoms with Crippen LogP contribution in [0.25, 0.3) is 132 Å². The Morgan fingerprint density at radius 2 is 0.578 bits per heavy atom. The molecule has 4 heterocycles. The third-order valence-corrected chi connectivity index (χ3v) is 13.2. The van der Waals surface area contributed by atoms with Crippen molar-refractivity contribution in [2.75, 3.05) is 0 Å². The van der Waals surface area contributed by atoms with Crippen LogP contribution in [0.1, 0.15) is 0 Å². The lowest BCUT2D eigenvalue weighted by atomic mass is 9.94. The number of hydrogen-bond donors (Lipinski definition) is 0. The zero-order valence-electron chi connectivity index (χ0n) is 34.5. The van der Waals surface area contributed by atoms with E-state index in [0.717, 1.165) is 111 Å². The number of hydrogen-bond acceptors (Lipinski definition) is 2. The normalized spacial score (nSPS) is 12.1. The van der Waals surface area contributed by atoms with E-state index in [4.69, 9.17) is 8.83 Å². The summed E-state index contributed by atoms with van der Waals surface area (Å²) in [5.41, 5.74) is 17.0. The van der Waals surface area contributed by atoms with Gasteiger partial charge in [-0.3, -0.25) is 0 Å². The number of benzene rings is 10. The maximum atomic E-state index is 6.52. The quantitative estimate of drug-likeness (QED) is 0.173. The first-order chi connectivity index (χ1) is 31.7. The summed E-state index contributed by atoms with van der Waals surface area (Å²) in [5.74, 6) is 0. The molecule has 0 radical (unpaired) electrons. The molecule has 0 bridgehead atoms. The molecule has 0 amide bonds. The number of nitrogens with zero attached hydrogens (tertiary/aromatic N) is 2. The maximum absolute atomic E-state index is 6.52. The molecule has 0 saturated heterocycles. The van der Waals surface area contributed by atoms with Gasteiger partial charge in [0.2, 0.25) is 0 Å². The van der Waals surface area contributed by atoms with Gasteiger partial charge in [0.05, 0.1) is 22.1 Å². The van der Waals surface area contributed by atoms with Crippen LogP contribution >= 0.6 is 0 Å². The van der Waals surface area contributed by atoms with Crippen molar-refractivity contribution in [2.45, 2.75) is 0 Å². The predicted molar refractivity (Wildman–Crippen MR) is 266 cm³/mol. The van der Waals surface area contributed by atoms with Crippen LogP contribution in [0.4, 0.5) is 0 Å². The fourth-order valence-corrected chi connectivity index (χ4v) is 10.3. The van der Waals surface area contributed by atoms with Crippen LogP contribution in [-0.4, -0.2) is 9.13 Å². The molecule has 4 aromatic heterocycles. The van der Waals surface area contributed by atoms with Crippen LogP contribution in [0.15, 0.2) is 227 Å². The Morgan fingerprint density at radius 3 is 1.02 bits per heavy atom. The van der Waals surface area contributed by atoms with E-state index in [-0.39, 0.29) is 0 Å². The number of rotatable bonds is 5. The monoisotopic (exact) mass is 816 g/mol. The first-order valence-corrected chi connectivity index (χ1v) is 21.8. The molecule has 14 rings (SSSR count). The average Bonchev–Trinajstić information content (AvgIpc) is 4.10. The van der Waals surface area contributed by atoms with E-state index in [2.05, 4.69) is 215 Å². The van der Waals surface area contributed by atoms with E-state index in [1.54, 1.807) is 0 Å². The highest BCUT2D eigenvalue weighted by Gasteiger charge is 2.21. The second-order valence-electron chi connectivity index (χ2n) is 16.9. The lowest BCUT2D eigenvalue weighted by Crippen LogP contribution is -1.98. The Hall–Kier alpha value is -8.60. The lowest BCUT2D eigenvalue weighted by molar-refractivity contribution is 0.669. The summed E-state index contributed by atoms with van der Waals surface area (Å²) >= 11 is 0. The Balaban J connectivity index is 1.05. The zero-order chi connectivity index (χ0) is 41.9. The van der Waals surface area contributed by atoms with Gasteiger partial charge in [-0.2, -0.15) is 0 Å². The molecule has 0 spiro atoms.